The molecule has 6 heterocycles. The van der Waals surface area contributed by atoms with Gasteiger partial charge < -0.3 is 4.90 Å². The molecule has 0 fully saturated rings. The highest BCUT2D eigenvalue weighted by atomic mass is 35.5. The van der Waals surface area contributed by atoms with Gasteiger partial charge in [0, 0.05) is 37.3 Å². The van der Waals surface area contributed by atoms with Crippen LogP contribution < -0.4 is 11.1 Å². The lowest BCUT2D eigenvalue weighted by Gasteiger charge is -2.09. The van der Waals surface area contributed by atoms with Gasteiger partial charge in [-0.15, -0.1) is 22.7 Å². The molecule has 0 aliphatic heterocycles. The number of carbonyl (C=O) groups excluding carboxylic acids is 2. The van der Waals surface area contributed by atoms with Crippen LogP contribution in [0.5, 0.6) is 0 Å². The van der Waals surface area contributed by atoms with Crippen molar-refractivity contribution in [2.75, 3.05) is 14.1 Å². The molecule has 248 valence electrons. The van der Waals surface area contributed by atoms with Gasteiger partial charge in [0.2, 0.25) is 0 Å². The van der Waals surface area contributed by atoms with Crippen molar-refractivity contribution in [3.05, 3.63) is 129 Å². The van der Waals surface area contributed by atoms with E-state index in [0.29, 0.717) is 41.0 Å². The molecule has 50 heavy (non-hydrogen) atoms. The topological polar surface area (TPSA) is 133 Å². The zero-order chi connectivity index (χ0) is 35.3. The number of benzene rings is 2. The highest BCUT2D eigenvalue weighted by Crippen LogP contribution is 2.31. The lowest BCUT2D eigenvalue weighted by molar-refractivity contribution is 0.0827. The van der Waals surface area contributed by atoms with Gasteiger partial charge in [-0.25, -0.2) is 19.9 Å². The quantitative estimate of drug-likeness (QED) is 0.184. The van der Waals surface area contributed by atoms with Crippen LogP contribution in [0.25, 0.3) is 52.2 Å². The van der Waals surface area contributed by atoms with Crippen molar-refractivity contribution < 1.29 is 9.59 Å². The number of hydrogen-bond donors (Lipinski definition) is 0. The van der Waals surface area contributed by atoms with Gasteiger partial charge in [0.25, 0.3) is 22.3 Å². The number of nitrogens with zero attached hydrogens (tertiary/aromatic N) is 7. The van der Waals surface area contributed by atoms with Crippen molar-refractivity contribution in [3.8, 4) is 11.4 Å². The number of fused-ring (bicyclic) bond motifs is 6. The average Bonchev–Trinajstić information content (AvgIpc) is 3.68. The van der Waals surface area contributed by atoms with E-state index in [2.05, 4.69) is 19.9 Å². The monoisotopic (exact) mass is 719 g/mol. The number of pyridine rings is 2. The van der Waals surface area contributed by atoms with Crippen molar-refractivity contribution in [1.82, 2.24) is 34.0 Å². The van der Waals surface area contributed by atoms with E-state index in [1.54, 1.807) is 32.4 Å². The number of carbonyl (C=O) groups is 2. The Morgan fingerprint density at radius 3 is 1.50 bits per heavy atom. The second-order valence-electron chi connectivity index (χ2n) is 11.7. The Bertz CT molecular complexity index is 2750. The molecule has 8 aromatic rings. The number of amides is 1. The van der Waals surface area contributed by atoms with E-state index in [1.165, 1.54) is 55.6 Å². The largest absolute Gasteiger partial charge is 0.345 e. The molecule has 8 rings (SSSR count). The number of aromatic nitrogens is 6. The lowest BCUT2D eigenvalue weighted by Crippen LogP contribution is -2.21. The second kappa shape index (κ2) is 13.0. The Hall–Kier alpha value is -5.63. The number of thiophene rings is 2. The van der Waals surface area contributed by atoms with Crippen molar-refractivity contribution in [2.24, 2.45) is 0 Å². The highest BCUT2D eigenvalue weighted by Gasteiger charge is 2.17. The molecule has 0 aliphatic carbocycles. The third-order valence-electron chi connectivity index (χ3n) is 7.98. The molecule has 14 heteroatoms. The minimum absolute atomic E-state index is 0.133. The maximum Gasteiger partial charge on any atom is 0.275 e. The first-order valence-corrected chi connectivity index (χ1v) is 17.2. The van der Waals surface area contributed by atoms with Gasteiger partial charge in [0.1, 0.15) is 31.7 Å². The van der Waals surface area contributed by atoms with E-state index in [1.807, 2.05) is 62.4 Å². The Labute approximate surface area is 296 Å². The summed E-state index contributed by atoms with van der Waals surface area (Å²) in [5.74, 6) is -0.133. The van der Waals surface area contributed by atoms with Crippen LogP contribution in [0.1, 0.15) is 31.8 Å². The summed E-state index contributed by atoms with van der Waals surface area (Å²) in [5.41, 5.74) is 5.35. The van der Waals surface area contributed by atoms with E-state index in [0.717, 1.165) is 27.9 Å². The normalized spacial score (nSPS) is 11.2. The molecular formula is C36H26ClN7O4S2. The van der Waals surface area contributed by atoms with Crippen LogP contribution in [0, 0.1) is 13.8 Å². The number of aryl methyl sites for hydroxylation is 2. The molecule has 0 spiro atoms. The van der Waals surface area contributed by atoms with Crippen LogP contribution in [0.15, 0.2) is 95.3 Å². The molecule has 0 unspecified atom stereocenters. The van der Waals surface area contributed by atoms with Crippen molar-refractivity contribution >= 4 is 86.3 Å². The zero-order valence-corrected chi connectivity index (χ0v) is 29.4. The fourth-order valence-corrected chi connectivity index (χ4v) is 7.43. The first-order valence-electron chi connectivity index (χ1n) is 15.2. The van der Waals surface area contributed by atoms with Gasteiger partial charge in [-0.1, -0.05) is 35.4 Å². The van der Waals surface area contributed by atoms with Gasteiger partial charge >= 0.3 is 0 Å². The molecule has 0 N–H and O–H groups in total. The standard InChI is InChI=1S/C19H16N4O2S.C17H10ClN3O2S/c1-11-4-6-13(7-5-11)23-10-21-15-14-8-12(18(24)22(2)3)9-20-17(14)26-16(15)19(23)25;1-9-2-4-11(5-3-9)21-8-20-13-12-6-10(15(18)22)7-19-16(12)24-14(13)17(21)23/h4-10H,1-3H3;2-8H,1H3. The number of hydrogen-bond acceptors (Lipinski definition) is 10. The van der Waals surface area contributed by atoms with Crippen molar-refractivity contribution in [2.45, 2.75) is 13.8 Å². The lowest BCUT2D eigenvalue weighted by atomic mass is 10.2. The summed E-state index contributed by atoms with van der Waals surface area (Å²) in [6, 6.07) is 18.7. The minimum atomic E-state index is -0.586. The van der Waals surface area contributed by atoms with Crippen LogP contribution in [-0.4, -0.2) is 59.2 Å². The average molecular weight is 720 g/mol. The molecular weight excluding hydrogens is 694 g/mol. The van der Waals surface area contributed by atoms with E-state index in [9.17, 15) is 19.2 Å². The molecule has 0 saturated carbocycles. The van der Waals surface area contributed by atoms with E-state index in [4.69, 9.17) is 11.6 Å². The van der Waals surface area contributed by atoms with E-state index in [-0.39, 0.29) is 22.6 Å². The summed E-state index contributed by atoms with van der Waals surface area (Å²) >= 11 is 8.07. The Morgan fingerprint density at radius 1 is 0.660 bits per heavy atom. The van der Waals surface area contributed by atoms with E-state index < -0.39 is 5.24 Å². The second-order valence-corrected chi connectivity index (χ2v) is 14.0. The van der Waals surface area contributed by atoms with Crippen LogP contribution in [0.3, 0.4) is 0 Å². The molecule has 0 atom stereocenters. The fraction of sp³-hybridized carbons (Fsp3) is 0.111. The SMILES string of the molecule is Cc1ccc(-n2cnc3c(sc4ncc(C(=O)Cl)cc43)c2=O)cc1.Cc1ccc(-n2cnc3c(sc4ncc(C(=O)N(C)C)cc43)c2=O)cc1. The third-order valence-corrected chi connectivity index (χ3v) is 10.4. The summed E-state index contributed by atoms with van der Waals surface area (Å²) in [4.78, 5) is 69.6. The summed E-state index contributed by atoms with van der Waals surface area (Å²) < 4.78 is 4.07. The highest BCUT2D eigenvalue weighted by molar-refractivity contribution is 7.25. The van der Waals surface area contributed by atoms with Crippen LogP contribution in [-0.2, 0) is 0 Å². The molecule has 11 nitrogen and oxygen atoms in total. The third kappa shape index (κ3) is 5.95. The zero-order valence-electron chi connectivity index (χ0n) is 27.0. The molecule has 0 bridgehead atoms. The van der Waals surface area contributed by atoms with Gasteiger partial charge in [0.15, 0.2) is 0 Å². The van der Waals surface area contributed by atoms with Crippen molar-refractivity contribution in [1.29, 1.82) is 0 Å². The number of halogens is 1. The Balaban J connectivity index is 0.000000157. The molecule has 2 aromatic carbocycles. The van der Waals surface area contributed by atoms with Gasteiger partial charge in [-0.2, -0.15) is 0 Å². The first kappa shape index (κ1) is 32.9. The molecule has 0 radical (unpaired) electrons. The summed E-state index contributed by atoms with van der Waals surface area (Å²) in [6.45, 7) is 3.99. The molecule has 0 saturated heterocycles. The van der Waals surface area contributed by atoms with Crippen molar-refractivity contribution in [3.63, 3.8) is 0 Å². The van der Waals surface area contributed by atoms with E-state index >= 15 is 0 Å². The summed E-state index contributed by atoms with van der Waals surface area (Å²) in [7, 11) is 3.38. The van der Waals surface area contributed by atoms with Crippen LogP contribution >= 0.6 is 34.3 Å². The Morgan fingerprint density at radius 2 is 1.08 bits per heavy atom. The minimum Gasteiger partial charge on any atom is -0.345 e. The molecule has 0 aliphatic rings. The summed E-state index contributed by atoms with van der Waals surface area (Å²) in [6.07, 6.45) is 5.97. The Kier molecular flexibility index (Phi) is 8.56. The van der Waals surface area contributed by atoms with Gasteiger partial charge in [-0.3, -0.25) is 28.3 Å². The van der Waals surface area contributed by atoms with Crippen LogP contribution in [0.2, 0.25) is 0 Å². The first-order chi connectivity index (χ1) is 24.0. The predicted molar refractivity (Wildman–Crippen MR) is 199 cm³/mol. The molecule has 1 amide bonds. The number of rotatable bonds is 4. The maximum atomic E-state index is 12.9. The van der Waals surface area contributed by atoms with Crippen LogP contribution in [0.4, 0.5) is 0 Å². The smallest absolute Gasteiger partial charge is 0.275 e. The van der Waals surface area contributed by atoms with Gasteiger partial charge in [0.05, 0.1) is 33.5 Å². The van der Waals surface area contributed by atoms with Gasteiger partial charge in [-0.05, 0) is 61.8 Å². The molecule has 6 aromatic heterocycles. The summed E-state index contributed by atoms with van der Waals surface area (Å²) in [5, 5.41) is 0.803. The fourth-order valence-electron chi connectivity index (χ4n) is 5.30. The maximum absolute atomic E-state index is 12.9. The predicted octanol–water partition coefficient (Wildman–Crippen LogP) is 6.69.